The lowest BCUT2D eigenvalue weighted by Gasteiger charge is -2.22. The number of hydrogen-bond acceptors (Lipinski definition) is 3. The van der Waals surface area contributed by atoms with Crippen molar-refractivity contribution in [1.29, 1.82) is 0 Å². The third-order valence-electron chi connectivity index (χ3n) is 3.20. The van der Waals surface area contributed by atoms with Gasteiger partial charge in [0.05, 0.1) is 4.92 Å². The van der Waals surface area contributed by atoms with Crippen LogP contribution in [0.3, 0.4) is 0 Å². The number of rotatable bonds is 3. The topological polar surface area (TPSA) is 63.4 Å². The molecule has 1 saturated heterocycles. The fourth-order valence-corrected chi connectivity index (χ4v) is 2.74. The van der Waals surface area contributed by atoms with E-state index in [0.29, 0.717) is 12.4 Å². The van der Waals surface area contributed by atoms with Gasteiger partial charge in [0.1, 0.15) is 5.56 Å². The van der Waals surface area contributed by atoms with Crippen LogP contribution in [0.25, 0.3) is 0 Å². The van der Waals surface area contributed by atoms with E-state index >= 15 is 0 Å². The Kier molecular flexibility index (Phi) is 4.27. The number of nitrogens with zero attached hydrogens (tertiary/aromatic N) is 2. The predicted octanol–water partition coefficient (Wildman–Crippen LogP) is 3.09. The van der Waals surface area contributed by atoms with E-state index in [0.717, 1.165) is 12.8 Å². The van der Waals surface area contributed by atoms with E-state index in [-0.39, 0.29) is 28.2 Å². The van der Waals surface area contributed by atoms with E-state index in [9.17, 15) is 14.9 Å². The Balaban J connectivity index is 2.36. The first-order chi connectivity index (χ1) is 9.04. The molecule has 102 valence electrons. The monoisotopic (exact) mass is 302 g/mol. The fourth-order valence-electron chi connectivity index (χ4n) is 2.25. The van der Waals surface area contributed by atoms with Gasteiger partial charge in [-0.1, -0.05) is 11.6 Å². The van der Waals surface area contributed by atoms with E-state index in [1.807, 2.05) is 0 Å². The predicted molar refractivity (Wildman–Crippen MR) is 72.9 cm³/mol. The zero-order valence-electron chi connectivity index (χ0n) is 10.0. The van der Waals surface area contributed by atoms with Crippen molar-refractivity contribution in [2.24, 2.45) is 0 Å². The van der Waals surface area contributed by atoms with Crippen molar-refractivity contribution in [2.75, 3.05) is 12.4 Å². The largest absolute Gasteiger partial charge is 0.334 e. The molecule has 1 aromatic carbocycles. The summed E-state index contributed by atoms with van der Waals surface area (Å²) >= 11 is 11.5. The molecule has 19 heavy (non-hydrogen) atoms. The van der Waals surface area contributed by atoms with Crippen LogP contribution in [0.1, 0.15) is 23.2 Å². The van der Waals surface area contributed by atoms with Gasteiger partial charge in [-0.2, -0.15) is 0 Å². The van der Waals surface area contributed by atoms with Gasteiger partial charge < -0.3 is 4.90 Å². The second-order valence-electron chi connectivity index (χ2n) is 4.37. The molecule has 5 nitrogen and oxygen atoms in total. The number of nitro benzene ring substituents is 1. The van der Waals surface area contributed by atoms with Gasteiger partial charge in [-0.3, -0.25) is 14.9 Å². The number of carbonyl (C=O) groups is 1. The molecule has 0 N–H and O–H groups in total. The Morgan fingerprint density at radius 1 is 1.53 bits per heavy atom. The van der Waals surface area contributed by atoms with Gasteiger partial charge in [-0.15, -0.1) is 11.6 Å². The zero-order chi connectivity index (χ0) is 14.0. The number of likely N-dealkylation sites (tertiary alicyclic amines) is 1. The molecular formula is C12H12Cl2N2O3. The molecule has 0 bridgehead atoms. The minimum Gasteiger partial charge on any atom is -0.334 e. The third-order valence-corrected chi connectivity index (χ3v) is 3.79. The molecule has 0 aromatic heterocycles. The summed E-state index contributed by atoms with van der Waals surface area (Å²) in [7, 11) is 0. The molecule has 1 unspecified atom stereocenters. The number of carbonyl (C=O) groups excluding carboxylic acids is 1. The molecule has 0 aliphatic carbocycles. The van der Waals surface area contributed by atoms with Crippen LogP contribution >= 0.6 is 23.2 Å². The van der Waals surface area contributed by atoms with Gasteiger partial charge in [0, 0.05) is 29.6 Å². The Hall–Kier alpha value is -1.33. The summed E-state index contributed by atoms with van der Waals surface area (Å²) in [6.07, 6.45) is 1.70. The summed E-state index contributed by atoms with van der Waals surface area (Å²) < 4.78 is 0. The standard InChI is InChI=1S/C12H12Cl2N2O3/c13-7-9-2-1-5-15(9)12(17)10-4-3-8(14)6-11(10)16(18)19/h3-4,6,9H,1-2,5,7H2. The molecule has 1 amide bonds. The quantitative estimate of drug-likeness (QED) is 0.489. The lowest BCUT2D eigenvalue weighted by atomic mass is 10.1. The van der Waals surface area contributed by atoms with Gasteiger partial charge in [0.25, 0.3) is 11.6 Å². The first-order valence-corrected chi connectivity index (χ1v) is 6.76. The minimum absolute atomic E-state index is 0.0514. The number of nitro groups is 1. The van der Waals surface area contributed by atoms with Crippen molar-refractivity contribution >= 4 is 34.8 Å². The maximum absolute atomic E-state index is 12.4. The highest BCUT2D eigenvalue weighted by atomic mass is 35.5. The van der Waals surface area contributed by atoms with Crippen LogP contribution in [-0.4, -0.2) is 34.2 Å². The van der Waals surface area contributed by atoms with Crippen LogP contribution < -0.4 is 0 Å². The van der Waals surface area contributed by atoms with Gasteiger partial charge in [0.15, 0.2) is 0 Å². The molecule has 0 saturated carbocycles. The summed E-state index contributed by atoms with van der Waals surface area (Å²) in [5, 5.41) is 11.2. The summed E-state index contributed by atoms with van der Waals surface area (Å²) in [6.45, 7) is 0.579. The normalized spacial score (nSPS) is 18.6. The summed E-state index contributed by atoms with van der Waals surface area (Å²) in [6, 6.07) is 4.02. The molecule has 0 spiro atoms. The van der Waals surface area contributed by atoms with E-state index in [4.69, 9.17) is 23.2 Å². The number of amides is 1. The molecule has 1 aliphatic rings. The highest BCUT2D eigenvalue weighted by molar-refractivity contribution is 6.31. The molecule has 1 aliphatic heterocycles. The van der Waals surface area contributed by atoms with Crippen molar-refractivity contribution < 1.29 is 9.72 Å². The molecule has 1 atom stereocenters. The van der Waals surface area contributed by atoms with Crippen LogP contribution in [0.4, 0.5) is 5.69 Å². The van der Waals surface area contributed by atoms with Crippen LogP contribution in [0.15, 0.2) is 18.2 Å². The van der Waals surface area contributed by atoms with Crippen molar-refractivity contribution in [3.8, 4) is 0 Å². The first-order valence-electron chi connectivity index (χ1n) is 5.85. The van der Waals surface area contributed by atoms with Gasteiger partial charge in [-0.25, -0.2) is 0 Å². The molecule has 0 radical (unpaired) electrons. The number of alkyl halides is 1. The van der Waals surface area contributed by atoms with Crippen LogP contribution in [0.2, 0.25) is 5.02 Å². The Bertz CT molecular complexity index is 522. The molecule has 1 fully saturated rings. The van der Waals surface area contributed by atoms with E-state index in [1.165, 1.54) is 18.2 Å². The number of benzene rings is 1. The molecular weight excluding hydrogens is 291 g/mol. The second kappa shape index (κ2) is 5.75. The Morgan fingerprint density at radius 2 is 2.26 bits per heavy atom. The Labute approximate surface area is 120 Å². The Morgan fingerprint density at radius 3 is 2.89 bits per heavy atom. The second-order valence-corrected chi connectivity index (χ2v) is 5.11. The van der Waals surface area contributed by atoms with Crippen LogP contribution in [0, 0.1) is 10.1 Å². The highest BCUT2D eigenvalue weighted by Crippen LogP contribution is 2.27. The van der Waals surface area contributed by atoms with Crippen molar-refractivity contribution in [2.45, 2.75) is 18.9 Å². The van der Waals surface area contributed by atoms with E-state index < -0.39 is 4.92 Å². The van der Waals surface area contributed by atoms with Crippen molar-refractivity contribution in [1.82, 2.24) is 4.90 Å². The number of halogens is 2. The lowest BCUT2D eigenvalue weighted by Crippen LogP contribution is -2.36. The van der Waals surface area contributed by atoms with Crippen LogP contribution in [0.5, 0.6) is 0 Å². The van der Waals surface area contributed by atoms with E-state index in [1.54, 1.807) is 4.90 Å². The SMILES string of the molecule is O=C(c1ccc(Cl)cc1[N+](=O)[O-])N1CCCC1CCl. The first kappa shape index (κ1) is 14.1. The third kappa shape index (κ3) is 2.82. The van der Waals surface area contributed by atoms with Crippen LogP contribution in [-0.2, 0) is 0 Å². The lowest BCUT2D eigenvalue weighted by molar-refractivity contribution is -0.385. The molecule has 7 heteroatoms. The average molecular weight is 303 g/mol. The summed E-state index contributed by atoms with van der Waals surface area (Å²) in [4.78, 5) is 24.4. The minimum atomic E-state index is -0.592. The smallest absolute Gasteiger partial charge is 0.283 e. The zero-order valence-corrected chi connectivity index (χ0v) is 11.5. The van der Waals surface area contributed by atoms with E-state index in [2.05, 4.69) is 0 Å². The fraction of sp³-hybridized carbons (Fsp3) is 0.417. The summed E-state index contributed by atoms with van der Waals surface area (Å²) in [5.74, 6) is -0.0147. The maximum Gasteiger partial charge on any atom is 0.283 e. The average Bonchev–Trinajstić information content (AvgIpc) is 2.86. The summed E-state index contributed by atoms with van der Waals surface area (Å²) in [5.41, 5.74) is -0.205. The van der Waals surface area contributed by atoms with Gasteiger partial charge >= 0.3 is 0 Å². The van der Waals surface area contributed by atoms with Gasteiger partial charge in [0.2, 0.25) is 0 Å². The maximum atomic E-state index is 12.4. The molecule has 2 rings (SSSR count). The number of hydrogen-bond donors (Lipinski definition) is 0. The van der Waals surface area contributed by atoms with Gasteiger partial charge in [-0.05, 0) is 25.0 Å². The molecule has 1 aromatic rings. The highest BCUT2D eigenvalue weighted by Gasteiger charge is 2.32. The molecule has 1 heterocycles. The van der Waals surface area contributed by atoms with Crippen molar-refractivity contribution in [3.63, 3.8) is 0 Å². The van der Waals surface area contributed by atoms with Crippen molar-refractivity contribution in [3.05, 3.63) is 38.9 Å².